The van der Waals surface area contributed by atoms with Crippen LogP contribution < -0.4 is 15.2 Å². The van der Waals surface area contributed by atoms with Gasteiger partial charge in [-0.15, -0.1) is 0 Å². The quantitative estimate of drug-likeness (QED) is 0.578. The van der Waals surface area contributed by atoms with Gasteiger partial charge in [0, 0.05) is 28.2 Å². The van der Waals surface area contributed by atoms with Crippen molar-refractivity contribution in [2.24, 2.45) is 5.73 Å². The van der Waals surface area contributed by atoms with E-state index in [1.54, 1.807) is 14.2 Å². The minimum Gasteiger partial charge on any atom is -0.497 e. The number of aryl methyl sites for hydroxylation is 2. The van der Waals surface area contributed by atoms with E-state index in [0.717, 1.165) is 55.0 Å². The maximum atomic E-state index is 5.71. The molecule has 4 heteroatoms. The van der Waals surface area contributed by atoms with Crippen LogP contribution in [-0.2, 0) is 12.8 Å². The number of H-pyrrole nitrogens is 1. The fraction of sp³-hybridized carbons (Fsp3) is 0.364. The molecule has 0 atom stereocenters. The van der Waals surface area contributed by atoms with E-state index in [0.29, 0.717) is 0 Å². The summed E-state index contributed by atoms with van der Waals surface area (Å²) in [5.74, 6) is 1.59. The van der Waals surface area contributed by atoms with Crippen molar-refractivity contribution in [2.45, 2.75) is 32.6 Å². The molecule has 0 fully saturated rings. The average Bonchev–Trinajstić information content (AvgIpc) is 3.06. The minimum absolute atomic E-state index is 0.727. The van der Waals surface area contributed by atoms with Crippen LogP contribution in [0.4, 0.5) is 0 Å². The highest BCUT2D eigenvalue weighted by Crippen LogP contribution is 2.36. The van der Waals surface area contributed by atoms with Crippen LogP contribution in [0.15, 0.2) is 36.4 Å². The summed E-state index contributed by atoms with van der Waals surface area (Å²) in [7, 11) is 3.36. The van der Waals surface area contributed by atoms with Gasteiger partial charge in [0.2, 0.25) is 0 Å². The molecule has 26 heavy (non-hydrogen) atoms. The molecule has 0 saturated carbocycles. The van der Waals surface area contributed by atoms with Gasteiger partial charge in [-0.25, -0.2) is 0 Å². The second-order valence-corrected chi connectivity index (χ2v) is 6.52. The Balaban J connectivity index is 2.19. The molecule has 0 radical (unpaired) electrons. The number of unbranched alkanes of at least 4 members (excludes halogenated alkanes) is 1. The minimum atomic E-state index is 0.727. The molecule has 3 N–H and O–H groups in total. The number of hydrogen-bond acceptors (Lipinski definition) is 3. The number of nitrogens with one attached hydrogen (secondary N) is 1. The number of hydrogen-bond donors (Lipinski definition) is 2. The zero-order chi connectivity index (χ0) is 18.5. The molecule has 3 aromatic rings. The van der Waals surface area contributed by atoms with Crippen LogP contribution in [0, 0.1) is 0 Å². The van der Waals surface area contributed by atoms with Crippen molar-refractivity contribution < 1.29 is 9.47 Å². The monoisotopic (exact) mass is 352 g/mol. The first-order valence-electron chi connectivity index (χ1n) is 9.27. The molecule has 1 heterocycles. The maximum Gasteiger partial charge on any atom is 0.123 e. The lowest BCUT2D eigenvalue weighted by Crippen LogP contribution is -1.99. The van der Waals surface area contributed by atoms with Crippen LogP contribution in [0.5, 0.6) is 11.5 Å². The van der Waals surface area contributed by atoms with Gasteiger partial charge in [0.25, 0.3) is 0 Å². The lowest BCUT2D eigenvalue weighted by molar-refractivity contribution is 0.394. The number of aromatic nitrogens is 1. The first kappa shape index (κ1) is 18.3. The predicted octanol–water partition coefficient (Wildman–Crippen LogP) is 4.70. The van der Waals surface area contributed by atoms with Gasteiger partial charge in [-0.3, -0.25) is 0 Å². The van der Waals surface area contributed by atoms with Crippen LogP contribution in [0.1, 0.15) is 30.9 Å². The van der Waals surface area contributed by atoms with Crippen LogP contribution in [0.3, 0.4) is 0 Å². The van der Waals surface area contributed by atoms with Gasteiger partial charge < -0.3 is 20.2 Å². The highest BCUT2D eigenvalue weighted by atomic mass is 16.5. The van der Waals surface area contributed by atoms with Crippen LogP contribution in [-0.4, -0.2) is 25.7 Å². The highest BCUT2D eigenvalue weighted by Gasteiger charge is 2.16. The van der Waals surface area contributed by atoms with Gasteiger partial charge >= 0.3 is 0 Å². The number of aromatic amines is 1. The first-order valence-corrected chi connectivity index (χ1v) is 9.27. The molecule has 0 aliphatic heterocycles. The van der Waals surface area contributed by atoms with Crippen molar-refractivity contribution in [3.63, 3.8) is 0 Å². The van der Waals surface area contributed by atoms with Crippen molar-refractivity contribution in [1.29, 1.82) is 0 Å². The number of methoxy groups -OCH3 is 2. The largest absolute Gasteiger partial charge is 0.497 e. The van der Waals surface area contributed by atoms with E-state index in [1.807, 2.05) is 6.07 Å². The first-order chi connectivity index (χ1) is 12.7. The molecule has 0 unspecified atom stereocenters. The number of fused-ring (bicyclic) bond motifs is 1. The van der Waals surface area contributed by atoms with Crippen LogP contribution in [0.2, 0.25) is 0 Å². The van der Waals surface area contributed by atoms with Crippen molar-refractivity contribution in [2.75, 3.05) is 20.8 Å². The molecule has 138 valence electrons. The lowest BCUT2D eigenvalue weighted by Gasteiger charge is -2.10. The fourth-order valence-electron chi connectivity index (χ4n) is 3.53. The molecule has 0 bridgehead atoms. The molecule has 0 amide bonds. The summed E-state index contributed by atoms with van der Waals surface area (Å²) in [5.41, 5.74) is 11.9. The van der Waals surface area contributed by atoms with Gasteiger partial charge in [0.15, 0.2) is 0 Å². The number of rotatable bonds is 8. The van der Waals surface area contributed by atoms with E-state index in [1.165, 1.54) is 22.0 Å². The lowest BCUT2D eigenvalue weighted by atomic mass is 9.99. The summed E-state index contributed by atoms with van der Waals surface area (Å²) >= 11 is 0. The second kappa shape index (κ2) is 8.28. The summed E-state index contributed by atoms with van der Waals surface area (Å²) in [5, 5.41) is 1.30. The molecule has 0 spiro atoms. The van der Waals surface area contributed by atoms with Crippen LogP contribution in [0.25, 0.3) is 22.2 Å². The summed E-state index contributed by atoms with van der Waals surface area (Å²) < 4.78 is 10.9. The SMILES string of the molecule is CCc1cccc2c(CCCCN)c(-c3cc(OC)cc(OC)c3)[nH]c12. The van der Waals surface area contributed by atoms with Crippen molar-refractivity contribution in [1.82, 2.24) is 4.98 Å². The zero-order valence-electron chi connectivity index (χ0n) is 15.9. The van der Waals surface area contributed by atoms with Crippen molar-refractivity contribution in [3.05, 3.63) is 47.5 Å². The zero-order valence-corrected chi connectivity index (χ0v) is 15.9. The average molecular weight is 352 g/mol. The molecule has 0 saturated heterocycles. The third kappa shape index (κ3) is 3.56. The van der Waals surface area contributed by atoms with Gasteiger partial charge in [0.05, 0.1) is 14.2 Å². The summed E-state index contributed by atoms with van der Waals surface area (Å²) in [6.45, 7) is 2.92. The number of benzene rings is 2. The molecule has 3 rings (SSSR count). The Morgan fingerprint density at radius 1 is 1.00 bits per heavy atom. The Morgan fingerprint density at radius 2 is 1.73 bits per heavy atom. The molecule has 0 aliphatic rings. The van der Waals surface area contributed by atoms with Crippen LogP contribution >= 0.6 is 0 Å². The third-order valence-electron chi connectivity index (χ3n) is 4.93. The normalized spacial score (nSPS) is 11.1. The predicted molar refractivity (Wildman–Crippen MR) is 108 cm³/mol. The Labute approximate surface area is 155 Å². The van der Waals surface area contributed by atoms with E-state index < -0.39 is 0 Å². The molecule has 2 aromatic carbocycles. The summed E-state index contributed by atoms with van der Waals surface area (Å²) in [6.07, 6.45) is 4.11. The Hall–Kier alpha value is -2.46. The fourth-order valence-corrected chi connectivity index (χ4v) is 3.53. The smallest absolute Gasteiger partial charge is 0.123 e. The molecule has 4 nitrogen and oxygen atoms in total. The Morgan fingerprint density at radius 3 is 2.35 bits per heavy atom. The van der Waals surface area contributed by atoms with Gasteiger partial charge in [-0.2, -0.15) is 0 Å². The topological polar surface area (TPSA) is 60.3 Å². The molecule has 1 aromatic heterocycles. The molecule has 0 aliphatic carbocycles. The third-order valence-corrected chi connectivity index (χ3v) is 4.93. The second-order valence-electron chi connectivity index (χ2n) is 6.52. The summed E-state index contributed by atoms with van der Waals surface area (Å²) in [6, 6.07) is 12.6. The van der Waals surface area contributed by atoms with Gasteiger partial charge in [-0.1, -0.05) is 25.1 Å². The van der Waals surface area contributed by atoms with Crippen molar-refractivity contribution in [3.8, 4) is 22.8 Å². The number of para-hydroxylation sites is 1. The van der Waals surface area contributed by atoms with Gasteiger partial charge in [0.1, 0.15) is 11.5 Å². The Kier molecular flexibility index (Phi) is 5.84. The van der Waals surface area contributed by atoms with Gasteiger partial charge in [-0.05, 0) is 55.5 Å². The van der Waals surface area contributed by atoms with E-state index in [2.05, 4.69) is 42.2 Å². The van der Waals surface area contributed by atoms with E-state index in [4.69, 9.17) is 15.2 Å². The van der Waals surface area contributed by atoms with E-state index in [-0.39, 0.29) is 0 Å². The maximum absolute atomic E-state index is 5.71. The number of nitrogens with two attached hydrogens (primary N) is 1. The Bertz CT molecular complexity index is 861. The molecular weight excluding hydrogens is 324 g/mol. The number of ether oxygens (including phenoxy) is 2. The highest BCUT2D eigenvalue weighted by molar-refractivity contribution is 5.93. The standard InChI is InChI=1S/C22H28N2O2/c1-4-15-8-7-10-20-19(9-5-6-11-23)22(24-21(15)20)16-12-17(25-2)14-18(13-16)26-3/h7-8,10,12-14,24H,4-6,9,11,23H2,1-3H3. The van der Waals surface area contributed by atoms with E-state index >= 15 is 0 Å². The summed E-state index contributed by atoms with van der Waals surface area (Å²) in [4.78, 5) is 3.69. The van der Waals surface area contributed by atoms with Crippen molar-refractivity contribution >= 4 is 10.9 Å². The van der Waals surface area contributed by atoms with E-state index in [9.17, 15) is 0 Å². The molecular formula is C22H28N2O2.